The summed E-state index contributed by atoms with van der Waals surface area (Å²) in [5.41, 5.74) is 3.30. The quantitative estimate of drug-likeness (QED) is 0.737. The summed E-state index contributed by atoms with van der Waals surface area (Å²) in [6.45, 7) is 2.04. The number of nitrogens with zero attached hydrogens (tertiary/aromatic N) is 1. The van der Waals surface area contributed by atoms with Crippen molar-refractivity contribution in [2.24, 2.45) is 0 Å². The fourth-order valence-electron chi connectivity index (χ4n) is 2.46. The van der Waals surface area contributed by atoms with E-state index in [-0.39, 0.29) is 11.5 Å². The van der Waals surface area contributed by atoms with Crippen LogP contribution in [-0.4, -0.2) is 15.3 Å². The predicted octanol–water partition coefficient (Wildman–Crippen LogP) is 3.44. The number of carbonyl (C=O) groups is 1. The van der Waals surface area contributed by atoms with Gasteiger partial charge in [-0.3, -0.25) is 4.79 Å². The van der Waals surface area contributed by atoms with E-state index in [0.717, 1.165) is 23.1 Å². The number of ketones is 1. The maximum Gasteiger partial charge on any atom is 0.195 e. The van der Waals surface area contributed by atoms with Gasteiger partial charge in [0.15, 0.2) is 5.78 Å². The molecule has 3 aromatic rings. The van der Waals surface area contributed by atoms with Gasteiger partial charge in [0.05, 0.1) is 11.1 Å². The molecule has 0 fully saturated rings. The molecule has 2 heterocycles. The number of pyridine rings is 1. The summed E-state index contributed by atoms with van der Waals surface area (Å²) >= 11 is 0. The molecule has 0 saturated heterocycles. The van der Waals surface area contributed by atoms with Gasteiger partial charge in [-0.25, -0.2) is 0 Å². The summed E-state index contributed by atoms with van der Waals surface area (Å²) < 4.78 is 1.98. The second-order valence-electron chi connectivity index (χ2n) is 4.75. The van der Waals surface area contributed by atoms with Crippen LogP contribution in [0.2, 0.25) is 0 Å². The Morgan fingerprint density at radius 2 is 1.90 bits per heavy atom. The number of hydrogen-bond donors (Lipinski definition) is 1. The molecule has 2 aromatic heterocycles. The number of rotatable bonds is 3. The van der Waals surface area contributed by atoms with Gasteiger partial charge in [0.25, 0.3) is 0 Å². The van der Waals surface area contributed by atoms with E-state index in [0.29, 0.717) is 5.56 Å². The highest BCUT2D eigenvalue weighted by atomic mass is 16.3. The highest BCUT2D eigenvalue weighted by Gasteiger charge is 2.18. The molecule has 1 N–H and O–H groups in total. The first-order valence-electron chi connectivity index (χ1n) is 6.63. The fraction of sp³-hybridized carbons (Fsp3) is 0.118. The van der Waals surface area contributed by atoms with Crippen molar-refractivity contribution >= 4 is 11.3 Å². The van der Waals surface area contributed by atoms with Gasteiger partial charge in [-0.05, 0) is 48.4 Å². The van der Waals surface area contributed by atoms with Crippen LogP contribution in [0, 0.1) is 0 Å². The minimum Gasteiger partial charge on any atom is -0.508 e. The van der Waals surface area contributed by atoms with Crippen molar-refractivity contribution in [2.75, 3.05) is 0 Å². The summed E-state index contributed by atoms with van der Waals surface area (Å²) in [5, 5.41) is 9.33. The zero-order valence-corrected chi connectivity index (χ0v) is 11.2. The first-order chi connectivity index (χ1) is 9.70. The van der Waals surface area contributed by atoms with Gasteiger partial charge in [-0.2, -0.15) is 0 Å². The summed E-state index contributed by atoms with van der Waals surface area (Å²) in [6.07, 6.45) is 4.76. The Morgan fingerprint density at radius 3 is 2.60 bits per heavy atom. The topological polar surface area (TPSA) is 41.7 Å². The Bertz CT molecular complexity index is 769. The van der Waals surface area contributed by atoms with Crippen molar-refractivity contribution in [2.45, 2.75) is 13.3 Å². The Kier molecular flexibility index (Phi) is 3.03. The zero-order valence-electron chi connectivity index (χ0n) is 11.2. The molecule has 3 nitrogen and oxygen atoms in total. The van der Waals surface area contributed by atoms with Crippen LogP contribution in [0.3, 0.4) is 0 Å². The standard InChI is InChI=1S/C17H15NO2/c1-2-12-11-18-10-4-3-5-15(18)16(12)17(20)13-6-8-14(19)9-7-13/h3-11,19H,2H2,1H3. The van der Waals surface area contributed by atoms with Gasteiger partial charge >= 0.3 is 0 Å². The number of fused-ring (bicyclic) bond motifs is 1. The molecule has 0 radical (unpaired) electrons. The number of benzene rings is 1. The lowest BCUT2D eigenvalue weighted by molar-refractivity contribution is 0.103. The van der Waals surface area contributed by atoms with Crippen LogP contribution in [0.1, 0.15) is 28.4 Å². The van der Waals surface area contributed by atoms with Gasteiger partial charge in [0.1, 0.15) is 5.75 Å². The van der Waals surface area contributed by atoms with E-state index in [1.807, 2.05) is 41.9 Å². The van der Waals surface area contributed by atoms with E-state index >= 15 is 0 Å². The molecule has 1 aromatic carbocycles. The molecule has 100 valence electrons. The highest BCUT2D eigenvalue weighted by Crippen LogP contribution is 2.23. The number of aromatic hydroxyl groups is 1. The SMILES string of the molecule is CCc1cn2ccccc2c1C(=O)c1ccc(O)cc1. The number of hydrogen-bond acceptors (Lipinski definition) is 2. The Morgan fingerprint density at radius 1 is 1.15 bits per heavy atom. The Labute approximate surface area is 117 Å². The lowest BCUT2D eigenvalue weighted by Crippen LogP contribution is -2.03. The number of carbonyl (C=O) groups excluding carboxylic acids is 1. The molecule has 20 heavy (non-hydrogen) atoms. The fourth-order valence-corrected chi connectivity index (χ4v) is 2.46. The molecule has 0 bridgehead atoms. The third-order valence-electron chi connectivity index (χ3n) is 3.50. The van der Waals surface area contributed by atoms with Crippen molar-refractivity contribution in [3.05, 3.63) is 71.5 Å². The minimum atomic E-state index is -0.00412. The van der Waals surface area contributed by atoms with E-state index in [9.17, 15) is 9.90 Å². The van der Waals surface area contributed by atoms with E-state index < -0.39 is 0 Å². The molecule has 0 aliphatic carbocycles. The van der Waals surface area contributed by atoms with E-state index in [2.05, 4.69) is 0 Å². The van der Waals surface area contributed by atoms with Gasteiger partial charge in [-0.15, -0.1) is 0 Å². The van der Waals surface area contributed by atoms with Crippen molar-refractivity contribution in [1.82, 2.24) is 4.40 Å². The maximum atomic E-state index is 12.7. The van der Waals surface area contributed by atoms with E-state index in [1.165, 1.54) is 12.1 Å². The molecular formula is C17H15NO2. The Hall–Kier alpha value is -2.55. The smallest absolute Gasteiger partial charge is 0.195 e. The van der Waals surface area contributed by atoms with Gasteiger partial charge in [0, 0.05) is 18.0 Å². The average molecular weight is 265 g/mol. The summed E-state index contributed by atoms with van der Waals surface area (Å²) in [5.74, 6) is 0.162. The van der Waals surface area contributed by atoms with Gasteiger partial charge in [0.2, 0.25) is 0 Å². The average Bonchev–Trinajstić information content (AvgIpc) is 2.85. The second kappa shape index (κ2) is 4.85. The van der Waals surface area contributed by atoms with Crippen molar-refractivity contribution in [3.63, 3.8) is 0 Å². The third-order valence-corrected chi connectivity index (χ3v) is 3.50. The van der Waals surface area contributed by atoms with Crippen LogP contribution in [0.25, 0.3) is 5.52 Å². The van der Waals surface area contributed by atoms with Crippen LogP contribution >= 0.6 is 0 Å². The third kappa shape index (κ3) is 1.97. The van der Waals surface area contributed by atoms with Crippen LogP contribution in [0.4, 0.5) is 0 Å². The molecule has 0 saturated carbocycles. The molecule has 0 amide bonds. The molecule has 3 heteroatoms. The van der Waals surface area contributed by atoms with Gasteiger partial charge < -0.3 is 9.51 Å². The molecule has 0 aliphatic heterocycles. The molecule has 0 aliphatic rings. The zero-order chi connectivity index (χ0) is 14.1. The lowest BCUT2D eigenvalue weighted by atomic mass is 9.99. The van der Waals surface area contributed by atoms with E-state index in [1.54, 1.807) is 12.1 Å². The number of aryl methyl sites for hydroxylation is 1. The monoisotopic (exact) mass is 265 g/mol. The summed E-state index contributed by atoms with van der Waals surface area (Å²) in [4.78, 5) is 12.7. The largest absolute Gasteiger partial charge is 0.508 e. The van der Waals surface area contributed by atoms with Gasteiger partial charge in [-0.1, -0.05) is 13.0 Å². The van der Waals surface area contributed by atoms with Crippen molar-refractivity contribution in [3.8, 4) is 5.75 Å². The molecule has 0 spiro atoms. The van der Waals surface area contributed by atoms with Crippen molar-refractivity contribution in [1.29, 1.82) is 0 Å². The number of aromatic nitrogens is 1. The molecular weight excluding hydrogens is 250 g/mol. The van der Waals surface area contributed by atoms with Crippen LogP contribution < -0.4 is 0 Å². The predicted molar refractivity (Wildman–Crippen MR) is 78.3 cm³/mol. The van der Waals surface area contributed by atoms with E-state index in [4.69, 9.17) is 0 Å². The first kappa shape index (κ1) is 12.5. The Balaban J connectivity index is 2.17. The van der Waals surface area contributed by atoms with Crippen LogP contribution in [-0.2, 0) is 6.42 Å². The lowest BCUT2D eigenvalue weighted by Gasteiger charge is -2.03. The normalized spacial score (nSPS) is 10.8. The highest BCUT2D eigenvalue weighted by molar-refractivity contribution is 6.14. The summed E-state index contributed by atoms with van der Waals surface area (Å²) in [7, 11) is 0. The summed E-state index contributed by atoms with van der Waals surface area (Å²) in [6, 6.07) is 12.2. The molecule has 3 rings (SSSR count). The number of phenols is 1. The van der Waals surface area contributed by atoms with Crippen molar-refractivity contribution < 1.29 is 9.90 Å². The number of phenolic OH excluding ortho intramolecular Hbond substituents is 1. The first-order valence-corrected chi connectivity index (χ1v) is 6.63. The second-order valence-corrected chi connectivity index (χ2v) is 4.75. The van der Waals surface area contributed by atoms with Crippen LogP contribution in [0.15, 0.2) is 54.9 Å². The maximum absolute atomic E-state index is 12.7. The van der Waals surface area contributed by atoms with Crippen LogP contribution in [0.5, 0.6) is 5.75 Å². The molecule has 0 unspecified atom stereocenters. The minimum absolute atomic E-state index is 0.00412. The molecule has 0 atom stereocenters.